The van der Waals surface area contributed by atoms with E-state index in [9.17, 15) is 17.6 Å². The van der Waals surface area contributed by atoms with Gasteiger partial charge < -0.3 is 5.32 Å². The summed E-state index contributed by atoms with van der Waals surface area (Å²) in [5.74, 6) is 0.126. The summed E-state index contributed by atoms with van der Waals surface area (Å²) in [4.78, 5) is 17.0. The zero-order chi connectivity index (χ0) is 22.5. The second kappa shape index (κ2) is 7.64. The van der Waals surface area contributed by atoms with Crippen LogP contribution in [0.5, 0.6) is 0 Å². The predicted molar refractivity (Wildman–Crippen MR) is 114 cm³/mol. The number of hydrogen-bond donors (Lipinski definition) is 2. The lowest BCUT2D eigenvalue weighted by Crippen LogP contribution is -2.25. The van der Waals surface area contributed by atoms with Crippen LogP contribution in [0.25, 0.3) is 11.3 Å². The first kappa shape index (κ1) is 20.5. The Labute approximate surface area is 184 Å². The molecular formula is C22H20FN5O3S. The van der Waals surface area contributed by atoms with E-state index >= 15 is 0 Å². The van der Waals surface area contributed by atoms with E-state index in [2.05, 4.69) is 15.4 Å². The van der Waals surface area contributed by atoms with Crippen molar-refractivity contribution in [3.05, 3.63) is 77.5 Å². The molecule has 2 heterocycles. The van der Waals surface area contributed by atoms with Crippen molar-refractivity contribution in [2.24, 2.45) is 11.1 Å². The Kier molecular flexibility index (Phi) is 4.90. The highest BCUT2D eigenvalue weighted by Gasteiger charge is 2.44. The number of halogens is 1. The number of nitrogens with two attached hydrogens (primary N) is 1. The quantitative estimate of drug-likeness (QED) is 0.614. The number of hydrogen-bond acceptors (Lipinski definition) is 5. The molecule has 32 heavy (non-hydrogen) atoms. The van der Waals surface area contributed by atoms with Crippen LogP contribution in [-0.2, 0) is 21.4 Å². The summed E-state index contributed by atoms with van der Waals surface area (Å²) in [5.41, 5.74) is 3.34. The molecule has 0 bridgehead atoms. The molecule has 0 spiro atoms. The molecule has 2 aliphatic rings. The Bertz CT molecular complexity index is 1350. The van der Waals surface area contributed by atoms with E-state index < -0.39 is 10.0 Å². The predicted octanol–water partition coefficient (Wildman–Crippen LogP) is 2.26. The summed E-state index contributed by atoms with van der Waals surface area (Å²) in [6.45, 7) is 0.0494. The molecule has 1 amide bonds. The molecule has 8 nitrogen and oxygen atoms in total. The van der Waals surface area contributed by atoms with E-state index in [0.717, 1.165) is 29.8 Å². The van der Waals surface area contributed by atoms with Gasteiger partial charge >= 0.3 is 0 Å². The second-order valence-electron chi connectivity index (χ2n) is 7.98. The molecule has 0 saturated heterocycles. The van der Waals surface area contributed by atoms with Gasteiger partial charge in [0, 0.05) is 17.1 Å². The largest absolute Gasteiger partial charge is 0.346 e. The van der Waals surface area contributed by atoms with Gasteiger partial charge in [0.2, 0.25) is 0 Å². The van der Waals surface area contributed by atoms with E-state index in [-0.39, 0.29) is 23.3 Å². The normalized spacial score (nSPS) is 19.4. The molecule has 164 valence electrons. The van der Waals surface area contributed by atoms with Crippen LogP contribution in [0.15, 0.2) is 59.8 Å². The van der Waals surface area contributed by atoms with Gasteiger partial charge in [0.15, 0.2) is 5.03 Å². The number of carbonyl (C=O) groups is 1. The van der Waals surface area contributed by atoms with E-state index in [4.69, 9.17) is 5.14 Å². The van der Waals surface area contributed by atoms with Crippen LogP contribution < -0.4 is 10.5 Å². The number of benzene rings is 1. The van der Waals surface area contributed by atoms with Crippen molar-refractivity contribution >= 4 is 21.5 Å². The number of sulfonamides is 1. The minimum atomic E-state index is -3.93. The third-order valence-electron chi connectivity index (χ3n) is 5.81. The number of pyridine rings is 1. The molecule has 3 N–H and O–H groups in total. The van der Waals surface area contributed by atoms with E-state index in [1.807, 2.05) is 6.08 Å². The third kappa shape index (κ3) is 3.82. The van der Waals surface area contributed by atoms with Crippen molar-refractivity contribution in [3.8, 4) is 5.69 Å². The lowest BCUT2D eigenvalue weighted by molar-refractivity contribution is -0.115. The minimum Gasteiger partial charge on any atom is -0.346 e. The van der Waals surface area contributed by atoms with Crippen molar-refractivity contribution in [2.75, 3.05) is 0 Å². The Morgan fingerprint density at radius 1 is 1.22 bits per heavy atom. The Balaban J connectivity index is 1.41. The van der Waals surface area contributed by atoms with Crippen LogP contribution in [0.3, 0.4) is 0 Å². The van der Waals surface area contributed by atoms with Gasteiger partial charge in [-0.15, -0.1) is 0 Å². The number of fused-ring (bicyclic) bond motifs is 3. The molecule has 1 aromatic carbocycles. The average Bonchev–Trinajstić information content (AvgIpc) is 3.44. The zero-order valence-corrected chi connectivity index (χ0v) is 17.7. The molecular weight excluding hydrogens is 433 g/mol. The van der Waals surface area contributed by atoms with Crippen LogP contribution in [0.2, 0.25) is 0 Å². The smallest absolute Gasteiger partial charge is 0.255 e. The van der Waals surface area contributed by atoms with Crippen molar-refractivity contribution in [2.45, 2.75) is 30.3 Å². The highest BCUT2D eigenvalue weighted by molar-refractivity contribution is 7.89. The standard InChI is InChI=1S/C22H20FN5O3S/c23-14-5-7-16(8-6-14)28-21-18-10-13(18)4-9-17(19(21)12-26-28)22(29)25-11-15-2-1-3-20(27-15)32(24,30)31/h1-3,5-9,12-13,18H,4,10-11H2,(H,25,29)(H2,24,30,31). The summed E-state index contributed by atoms with van der Waals surface area (Å²) < 4.78 is 38.2. The van der Waals surface area contributed by atoms with E-state index in [1.165, 1.54) is 24.3 Å². The fourth-order valence-corrected chi connectivity index (χ4v) is 4.64. The maximum Gasteiger partial charge on any atom is 0.255 e. The van der Waals surface area contributed by atoms with Gasteiger partial charge in [-0.3, -0.25) is 4.79 Å². The van der Waals surface area contributed by atoms with Gasteiger partial charge in [0.25, 0.3) is 15.9 Å². The first-order valence-electron chi connectivity index (χ1n) is 10.1. The molecule has 2 atom stereocenters. The number of amides is 1. The summed E-state index contributed by atoms with van der Waals surface area (Å²) in [6, 6.07) is 10.5. The Morgan fingerprint density at radius 3 is 2.75 bits per heavy atom. The third-order valence-corrected chi connectivity index (χ3v) is 6.62. The van der Waals surface area contributed by atoms with E-state index in [0.29, 0.717) is 23.1 Å². The maximum atomic E-state index is 13.4. The Hall–Kier alpha value is -3.37. The highest BCUT2D eigenvalue weighted by atomic mass is 32.2. The second-order valence-corrected chi connectivity index (χ2v) is 9.49. The van der Waals surface area contributed by atoms with Crippen LogP contribution >= 0.6 is 0 Å². The lowest BCUT2D eigenvalue weighted by Gasteiger charge is -2.11. The molecule has 2 aliphatic carbocycles. The van der Waals surface area contributed by atoms with Gasteiger partial charge in [-0.2, -0.15) is 5.10 Å². The summed E-state index contributed by atoms with van der Waals surface area (Å²) in [5, 5.41) is 12.2. The number of carbonyl (C=O) groups excluding carboxylic acids is 1. The molecule has 2 aromatic heterocycles. The van der Waals surface area contributed by atoms with Gasteiger partial charge in [-0.1, -0.05) is 12.1 Å². The van der Waals surface area contributed by atoms with Crippen molar-refractivity contribution < 1.29 is 17.6 Å². The fourth-order valence-electron chi connectivity index (χ4n) is 4.13. The SMILES string of the molecule is NS(=O)(=O)c1cccc(CNC(=O)C2=CCC3CC3c3c2cnn3-c2ccc(F)cc2)n1. The molecule has 1 saturated carbocycles. The van der Waals surface area contributed by atoms with Crippen LogP contribution in [-0.4, -0.2) is 29.1 Å². The fraction of sp³-hybridized carbons (Fsp3) is 0.227. The van der Waals surface area contributed by atoms with Crippen molar-refractivity contribution in [3.63, 3.8) is 0 Å². The first-order chi connectivity index (χ1) is 15.3. The van der Waals surface area contributed by atoms with Crippen molar-refractivity contribution in [1.82, 2.24) is 20.1 Å². The molecule has 2 unspecified atom stereocenters. The van der Waals surface area contributed by atoms with Gasteiger partial charge in [0.05, 0.1) is 29.8 Å². The number of nitrogens with zero attached hydrogens (tertiary/aromatic N) is 3. The topological polar surface area (TPSA) is 120 Å². The average molecular weight is 453 g/mol. The number of nitrogens with one attached hydrogen (secondary N) is 1. The van der Waals surface area contributed by atoms with Gasteiger partial charge in [-0.05, 0) is 55.2 Å². The zero-order valence-electron chi connectivity index (χ0n) is 16.9. The van der Waals surface area contributed by atoms with Crippen LogP contribution in [0.4, 0.5) is 4.39 Å². The molecule has 0 radical (unpaired) electrons. The number of allylic oxidation sites excluding steroid dienone is 1. The Morgan fingerprint density at radius 2 is 2.00 bits per heavy atom. The molecule has 0 aliphatic heterocycles. The van der Waals surface area contributed by atoms with E-state index in [1.54, 1.807) is 29.1 Å². The molecule has 3 aromatic rings. The minimum absolute atomic E-state index is 0.0494. The summed E-state index contributed by atoms with van der Waals surface area (Å²) in [6.07, 6.45) is 5.40. The molecule has 1 fully saturated rings. The number of primary sulfonamides is 1. The van der Waals surface area contributed by atoms with Gasteiger partial charge in [-0.25, -0.2) is 27.6 Å². The summed E-state index contributed by atoms with van der Waals surface area (Å²) in [7, 11) is -3.93. The van der Waals surface area contributed by atoms with Crippen LogP contribution in [0.1, 0.15) is 35.7 Å². The molecule has 5 rings (SSSR count). The molecule has 10 heteroatoms. The highest BCUT2D eigenvalue weighted by Crippen LogP contribution is 2.54. The first-order valence-corrected chi connectivity index (χ1v) is 11.7. The number of rotatable bonds is 5. The van der Waals surface area contributed by atoms with Crippen LogP contribution in [0, 0.1) is 11.7 Å². The summed E-state index contributed by atoms with van der Waals surface area (Å²) >= 11 is 0. The van der Waals surface area contributed by atoms with Gasteiger partial charge in [0.1, 0.15) is 5.82 Å². The lowest BCUT2D eigenvalue weighted by atomic mass is 10.0. The monoisotopic (exact) mass is 453 g/mol. The maximum absolute atomic E-state index is 13.4. The van der Waals surface area contributed by atoms with Crippen molar-refractivity contribution in [1.29, 1.82) is 0 Å². The number of aromatic nitrogens is 3.